The van der Waals surface area contributed by atoms with Gasteiger partial charge < -0.3 is 4.74 Å². The van der Waals surface area contributed by atoms with Crippen molar-refractivity contribution in [3.63, 3.8) is 0 Å². The van der Waals surface area contributed by atoms with Crippen LogP contribution in [0.3, 0.4) is 0 Å². The molecule has 0 aliphatic carbocycles. The van der Waals surface area contributed by atoms with Crippen molar-refractivity contribution in [3.8, 4) is 5.75 Å². The molecule has 5 rings (SSSR count). The maximum atomic E-state index is 12.8. The van der Waals surface area contributed by atoms with E-state index in [-0.39, 0.29) is 11.3 Å². The first-order valence-electron chi connectivity index (χ1n) is 6.85. The van der Waals surface area contributed by atoms with Gasteiger partial charge in [0.15, 0.2) is 5.78 Å². The monoisotopic (exact) mass is 258 g/mol. The minimum atomic E-state index is -0.325. The van der Waals surface area contributed by atoms with E-state index in [1.807, 2.05) is 18.2 Å². The van der Waals surface area contributed by atoms with Crippen LogP contribution in [0, 0.1) is 5.92 Å². The number of carbonyl (C=O) groups excluding carboxylic acids is 1. The first-order valence-corrected chi connectivity index (χ1v) is 6.85. The molecule has 0 radical (unpaired) electrons. The molecular weight excluding hydrogens is 240 g/mol. The Morgan fingerprint density at radius 2 is 2.00 bits per heavy atom. The van der Waals surface area contributed by atoms with Gasteiger partial charge in [-0.3, -0.25) is 14.6 Å². The average Bonchev–Trinajstić information content (AvgIpc) is 2.44. The van der Waals surface area contributed by atoms with Gasteiger partial charge in [0.05, 0.1) is 19.2 Å². The summed E-state index contributed by atoms with van der Waals surface area (Å²) in [6.45, 7) is 4.65. The molecule has 1 aromatic rings. The molecule has 4 fully saturated rings. The number of methoxy groups -OCH3 is 1. The van der Waals surface area contributed by atoms with Crippen LogP contribution in [0.1, 0.15) is 5.56 Å². The first-order chi connectivity index (χ1) is 9.21. The number of piperidine rings is 2. The zero-order valence-electron chi connectivity index (χ0n) is 11.1. The lowest BCUT2D eigenvalue weighted by Crippen LogP contribution is -2.73. The van der Waals surface area contributed by atoms with Crippen molar-refractivity contribution in [1.29, 1.82) is 0 Å². The van der Waals surface area contributed by atoms with Crippen LogP contribution in [0.15, 0.2) is 24.3 Å². The van der Waals surface area contributed by atoms with Gasteiger partial charge in [0.25, 0.3) is 0 Å². The van der Waals surface area contributed by atoms with Crippen molar-refractivity contribution in [2.45, 2.75) is 5.41 Å². The van der Waals surface area contributed by atoms with Crippen molar-refractivity contribution in [2.24, 2.45) is 5.92 Å². The summed E-state index contributed by atoms with van der Waals surface area (Å²) in [6.07, 6.45) is 0. The van der Waals surface area contributed by atoms with E-state index in [0.29, 0.717) is 5.78 Å². The quantitative estimate of drug-likeness (QED) is 0.782. The number of nitrogens with zero attached hydrogens (tertiary/aromatic N) is 2. The van der Waals surface area contributed by atoms with E-state index < -0.39 is 0 Å². The largest absolute Gasteiger partial charge is 0.497 e. The Hall–Kier alpha value is -1.39. The van der Waals surface area contributed by atoms with Gasteiger partial charge in [-0.1, -0.05) is 12.1 Å². The zero-order chi connectivity index (χ0) is 13.0. The Morgan fingerprint density at radius 3 is 2.68 bits per heavy atom. The van der Waals surface area contributed by atoms with Gasteiger partial charge in [-0.15, -0.1) is 0 Å². The lowest BCUT2D eigenvalue weighted by atomic mass is 9.65. The minimum Gasteiger partial charge on any atom is -0.497 e. The number of rotatable bonds is 2. The van der Waals surface area contributed by atoms with Crippen molar-refractivity contribution >= 4 is 5.78 Å². The molecule has 0 spiro atoms. The van der Waals surface area contributed by atoms with Gasteiger partial charge in [0.2, 0.25) is 0 Å². The lowest BCUT2D eigenvalue weighted by Gasteiger charge is -2.58. The van der Waals surface area contributed by atoms with E-state index >= 15 is 0 Å². The first kappa shape index (κ1) is 11.4. The number of carbonyl (C=O) groups is 1. The highest BCUT2D eigenvalue weighted by atomic mass is 16.5. The second-order valence-corrected chi connectivity index (χ2v) is 6.04. The maximum Gasteiger partial charge on any atom is 0.151 e. The second kappa shape index (κ2) is 3.81. The molecule has 4 aliphatic rings. The highest BCUT2D eigenvalue weighted by Crippen LogP contribution is 2.42. The van der Waals surface area contributed by atoms with Crippen molar-refractivity contribution in [1.82, 2.24) is 9.80 Å². The number of benzene rings is 1. The van der Waals surface area contributed by atoms with Crippen LogP contribution in [0.2, 0.25) is 0 Å². The zero-order valence-corrected chi connectivity index (χ0v) is 11.1. The number of ketones is 1. The molecule has 0 amide bonds. The molecule has 100 valence electrons. The second-order valence-electron chi connectivity index (χ2n) is 6.04. The summed E-state index contributed by atoms with van der Waals surface area (Å²) in [5, 5.41) is 0. The fourth-order valence-corrected chi connectivity index (χ4v) is 4.08. The summed E-state index contributed by atoms with van der Waals surface area (Å²) in [5.74, 6) is 1.47. The van der Waals surface area contributed by atoms with E-state index in [4.69, 9.17) is 4.74 Å². The highest BCUT2D eigenvalue weighted by Gasteiger charge is 2.56. The Kier molecular flexibility index (Phi) is 2.29. The van der Waals surface area contributed by atoms with E-state index in [0.717, 1.165) is 44.2 Å². The van der Waals surface area contributed by atoms with Gasteiger partial charge in [0.1, 0.15) is 5.75 Å². The third kappa shape index (κ3) is 1.50. The van der Waals surface area contributed by atoms with Crippen LogP contribution >= 0.6 is 0 Å². The van der Waals surface area contributed by atoms with Crippen molar-refractivity contribution in [3.05, 3.63) is 29.8 Å². The van der Waals surface area contributed by atoms with Crippen molar-refractivity contribution < 1.29 is 9.53 Å². The normalized spacial score (nSPS) is 39.6. The molecule has 4 saturated heterocycles. The summed E-state index contributed by atoms with van der Waals surface area (Å²) < 4.78 is 5.31. The molecule has 0 N–H and O–H groups in total. The van der Waals surface area contributed by atoms with E-state index in [9.17, 15) is 4.79 Å². The highest BCUT2D eigenvalue weighted by molar-refractivity contribution is 5.95. The van der Waals surface area contributed by atoms with Crippen LogP contribution < -0.4 is 4.74 Å². The van der Waals surface area contributed by atoms with Crippen LogP contribution in [-0.2, 0) is 10.2 Å². The van der Waals surface area contributed by atoms with Gasteiger partial charge in [-0.2, -0.15) is 0 Å². The predicted molar refractivity (Wildman–Crippen MR) is 71.2 cm³/mol. The van der Waals surface area contributed by atoms with Crippen LogP contribution in [0.25, 0.3) is 0 Å². The predicted octanol–water partition coefficient (Wildman–Crippen LogP) is 0.721. The van der Waals surface area contributed by atoms with Crippen LogP contribution in [0.5, 0.6) is 5.75 Å². The SMILES string of the molecule is COc1cccc(C23CN4CC(CN(C4)C2)C3=O)c1. The van der Waals surface area contributed by atoms with E-state index in [2.05, 4.69) is 15.9 Å². The molecule has 19 heavy (non-hydrogen) atoms. The van der Waals surface area contributed by atoms with Gasteiger partial charge >= 0.3 is 0 Å². The molecule has 2 atom stereocenters. The summed E-state index contributed by atoms with van der Waals surface area (Å²) in [7, 11) is 1.67. The summed E-state index contributed by atoms with van der Waals surface area (Å²) in [4.78, 5) is 17.6. The Bertz CT molecular complexity index is 529. The number of hydrogen-bond acceptors (Lipinski definition) is 4. The standard InChI is InChI=1S/C15H18N2O2/c1-19-13-4-2-3-12(5-13)15-8-16-6-11(14(15)18)7-17(9-15)10-16/h2-5,11H,6-10H2,1H3. The fourth-order valence-electron chi connectivity index (χ4n) is 4.08. The molecule has 4 nitrogen and oxygen atoms in total. The molecule has 4 heterocycles. The molecule has 4 aliphatic heterocycles. The third-order valence-corrected chi connectivity index (χ3v) is 4.81. The van der Waals surface area contributed by atoms with Crippen LogP contribution in [0.4, 0.5) is 0 Å². The molecule has 4 heteroatoms. The molecule has 2 unspecified atom stereocenters. The maximum absolute atomic E-state index is 12.8. The number of hydrogen-bond donors (Lipinski definition) is 0. The van der Waals surface area contributed by atoms with E-state index in [1.54, 1.807) is 7.11 Å². The van der Waals surface area contributed by atoms with Gasteiger partial charge in [0, 0.05) is 32.1 Å². The Labute approximate surface area is 112 Å². The Balaban J connectivity index is 1.81. The molecule has 4 bridgehead atoms. The summed E-state index contributed by atoms with van der Waals surface area (Å²) >= 11 is 0. The molecule has 0 saturated carbocycles. The third-order valence-electron chi connectivity index (χ3n) is 4.81. The smallest absolute Gasteiger partial charge is 0.151 e. The van der Waals surface area contributed by atoms with Crippen LogP contribution in [-0.4, -0.2) is 55.5 Å². The van der Waals surface area contributed by atoms with Gasteiger partial charge in [-0.25, -0.2) is 0 Å². The minimum absolute atomic E-state index is 0.197. The van der Waals surface area contributed by atoms with Gasteiger partial charge in [-0.05, 0) is 17.7 Å². The average molecular weight is 258 g/mol. The lowest BCUT2D eigenvalue weighted by molar-refractivity contribution is -0.153. The summed E-state index contributed by atoms with van der Waals surface area (Å²) in [6, 6.07) is 8.04. The Morgan fingerprint density at radius 1 is 1.26 bits per heavy atom. The number of ether oxygens (including phenoxy) is 1. The topological polar surface area (TPSA) is 32.8 Å². The number of Topliss-reactive ketones (excluding diaryl/α,β-unsaturated/α-hetero) is 1. The fraction of sp³-hybridized carbons (Fsp3) is 0.533. The van der Waals surface area contributed by atoms with E-state index in [1.165, 1.54) is 0 Å². The van der Waals surface area contributed by atoms with Crippen molar-refractivity contribution in [2.75, 3.05) is 40.0 Å². The molecular formula is C15H18N2O2. The molecule has 0 aromatic heterocycles. The molecule has 1 aromatic carbocycles. The summed E-state index contributed by atoms with van der Waals surface area (Å²) in [5.41, 5.74) is 0.796.